The topological polar surface area (TPSA) is 81.7 Å². The van der Waals surface area contributed by atoms with Crippen LogP contribution in [0.15, 0.2) is 47.4 Å². The lowest BCUT2D eigenvalue weighted by atomic mass is 10.1. The molecule has 0 fully saturated rings. The minimum atomic E-state index is -3.24. The van der Waals surface area contributed by atoms with Crippen molar-refractivity contribution in [3.05, 3.63) is 48.0 Å². The summed E-state index contributed by atoms with van der Waals surface area (Å²) in [4.78, 5) is 12.3. The van der Waals surface area contributed by atoms with Gasteiger partial charge in [0.2, 0.25) is 5.91 Å². The second kappa shape index (κ2) is 7.14. The minimum absolute atomic E-state index is 0.137. The lowest BCUT2D eigenvalue weighted by Crippen LogP contribution is -2.15. The fourth-order valence-corrected chi connectivity index (χ4v) is 3.14. The van der Waals surface area contributed by atoms with Crippen molar-refractivity contribution in [2.24, 2.45) is 0 Å². The molecule has 1 aliphatic heterocycles. The van der Waals surface area contributed by atoms with Gasteiger partial charge in [-0.15, -0.1) is 0 Å². The van der Waals surface area contributed by atoms with Gasteiger partial charge in [0.05, 0.1) is 4.90 Å². The molecule has 0 unspecified atom stereocenters. The molecular formula is C18H19NO5S. The molecule has 1 aliphatic rings. The highest BCUT2D eigenvalue weighted by molar-refractivity contribution is 7.90. The number of hydrogen-bond donors (Lipinski definition) is 1. The van der Waals surface area contributed by atoms with Crippen LogP contribution < -0.4 is 14.8 Å². The number of amides is 1. The van der Waals surface area contributed by atoms with Crippen molar-refractivity contribution in [1.82, 2.24) is 0 Å². The van der Waals surface area contributed by atoms with Gasteiger partial charge in [0, 0.05) is 18.4 Å². The maximum atomic E-state index is 12.1. The maximum absolute atomic E-state index is 12.1. The van der Waals surface area contributed by atoms with E-state index < -0.39 is 9.84 Å². The van der Waals surface area contributed by atoms with E-state index in [1.807, 2.05) is 18.2 Å². The number of hydrogen-bond acceptors (Lipinski definition) is 5. The van der Waals surface area contributed by atoms with Gasteiger partial charge in [-0.05, 0) is 48.4 Å². The molecule has 6 nitrogen and oxygen atoms in total. The Labute approximate surface area is 146 Å². The zero-order chi connectivity index (χ0) is 17.9. The van der Waals surface area contributed by atoms with E-state index in [-0.39, 0.29) is 10.8 Å². The third-order valence-corrected chi connectivity index (χ3v) is 4.94. The highest BCUT2D eigenvalue weighted by Gasteiger charge is 2.12. The highest BCUT2D eigenvalue weighted by Crippen LogP contribution is 2.31. The fraction of sp³-hybridized carbons (Fsp3) is 0.278. The molecule has 0 aliphatic carbocycles. The summed E-state index contributed by atoms with van der Waals surface area (Å²) in [5.74, 6) is 1.30. The quantitative estimate of drug-likeness (QED) is 0.884. The Morgan fingerprint density at radius 2 is 1.72 bits per heavy atom. The van der Waals surface area contributed by atoms with Crippen LogP contribution in [0.1, 0.15) is 12.0 Å². The van der Waals surface area contributed by atoms with E-state index in [0.29, 0.717) is 37.5 Å². The van der Waals surface area contributed by atoms with Crippen LogP contribution in [-0.2, 0) is 21.1 Å². The largest absolute Gasteiger partial charge is 0.486 e. The van der Waals surface area contributed by atoms with Crippen molar-refractivity contribution in [3.63, 3.8) is 0 Å². The number of nitrogens with one attached hydrogen (secondary N) is 1. The van der Waals surface area contributed by atoms with Crippen molar-refractivity contribution < 1.29 is 22.7 Å². The van der Waals surface area contributed by atoms with Crippen LogP contribution in [0.3, 0.4) is 0 Å². The highest BCUT2D eigenvalue weighted by atomic mass is 32.2. The smallest absolute Gasteiger partial charge is 0.224 e. The molecule has 2 aromatic carbocycles. The van der Waals surface area contributed by atoms with Gasteiger partial charge in [-0.1, -0.05) is 6.07 Å². The first-order chi connectivity index (χ1) is 11.9. The third-order valence-electron chi connectivity index (χ3n) is 3.81. The van der Waals surface area contributed by atoms with E-state index in [4.69, 9.17) is 9.47 Å². The van der Waals surface area contributed by atoms with E-state index >= 15 is 0 Å². The second-order valence-electron chi connectivity index (χ2n) is 5.82. The lowest BCUT2D eigenvalue weighted by Gasteiger charge is -2.18. The molecule has 1 N–H and O–H groups in total. The summed E-state index contributed by atoms with van der Waals surface area (Å²) < 4.78 is 33.8. The Hall–Kier alpha value is -2.54. The van der Waals surface area contributed by atoms with Crippen molar-refractivity contribution in [2.75, 3.05) is 24.8 Å². The van der Waals surface area contributed by atoms with Gasteiger partial charge < -0.3 is 14.8 Å². The van der Waals surface area contributed by atoms with Crippen LogP contribution in [0.25, 0.3) is 0 Å². The summed E-state index contributed by atoms with van der Waals surface area (Å²) in [6.45, 7) is 1.08. The van der Waals surface area contributed by atoms with Gasteiger partial charge in [0.25, 0.3) is 0 Å². The Bertz CT molecular complexity index is 875. The maximum Gasteiger partial charge on any atom is 0.224 e. The number of sulfone groups is 1. The molecule has 1 amide bonds. The number of carbonyl (C=O) groups excluding carboxylic acids is 1. The SMILES string of the molecule is CS(=O)(=O)c1ccc(NC(=O)CCc2ccc3c(c2)OCCO3)cc1. The molecule has 2 aromatic rings. The molecular weight excluding hydrogens is 342 g/mol. The van der Waals surface area contributed by atoms with Gasteiger partial charge in [0.15, 0.2) is 21.3 Å². The fourth-order valence-electron chi connectivity index (χ4n) is 2.51. The molecule has 0 atom stereocenters. The van der Waals surface area contributed by atoms with E-state index in [1.54, 1.807) is 12.1 Å². The van der Waals surface area contributed by atoms with Crippen LogP contribution >= 0.6 is 0 Å². The van der Waals surface area contributed by atoms with Crippen LogP contribution in [0.5, 0.6) is 11.5 Å². The Kier molecular flexibility index (Phi) is 4.94. The molecule has 0 saturated heterocycles. The molecule has 1 heterocycles. The number of rotatable bonds is 5. The van der Waals surface area contributed by atoms with Crippen molar-refractivity contribution in [1.29, 1.82) is 0 Å². The predicted molar refractivity (Wildman–Crippen MR) is 93.9 cm³/mol. The van der Waals surface area contributed by atoms with E-state index in [1.165, 1.54) is 12.1 Å². The average molecular weight is 361 g/mol. The predicted octanol–water partition coefficient (Wildman–Crippen LogP) is 2.43. The van der Waals surface area contributed by atoms with Gasteiger partial charge in [-0.2, -0.15) is 0 Å². The molecule has 0 bridgehead atoms. The average Bonchev–Trinajstić information content (AvgIpc) is 2.59. The zero-order valence-corrected chi connectivity index (χ0v) is 14.6. The van der Waals surface area contributed by atoms with Crippen molar-refractivity contribution in [3.8, 4) is 11.5 Å². The minimum Gasteiger partial charge on any atom is -0.486 e. The van der Waals surface area contributed by atoms with Gasteiger partial charge in [-0.25, -0.2) is 8.42 Å². The van der Waals surface area contributed by atoms with Crippen LogP contribution in [-0.4, -0.2) is 33.8 Å². The van der Waals surface area contributed by atoms with Gasteiger partial charge >= 0.3 is 0 Å². The first-order valence-electron chi connectivity index (χ1n) is 7.90. The molecule has 132 valence electrons. The molecule has 0 saturated carbocycles. The van der Waals surface area contributed by atoms with Crippen LogP contribution in [0.4, 0.5) is 5.69 Å². The molecule has 0 radical (unpaired) electrons. The third kappa shape index (κ3) is 4.51. The standard InChI is InChI=1S/C18H19NO5S/c1-25(21,22)15-6-4-14(5-7-15)19-18(20)9-3-13-2-8-16-17(12-13)24-11-10-23-16/h2,4-8,12H,3,9-11H2,1H3,(H,19,20). The summed E-state index contributed by atoms with van der Waals surface area (Å²) in [5, 5.41) is 2.76. The number of anilines is 1. The molecule has 3 rings (SSSR count). The summed E-state index contributed by atoms with van der Waals surface area (Å²) in [6.07, 6.45) is 2.03. The van der Waals surface area contributed by atoms with Crippen LogP contribution in [0, 0.1) is 0 Å². The van der Waals surface area contributed by atoms with E-state index in [9.17, 15) is 13.2 Å². The summed E-state index contributed by atoms with van der Waals surface area (Å²) in [6, 6.07) is 11.8. The van der Waals surface area contributed by atoms with E-state index in [2.05, 4.69) is 5.32 Å². The number of fused-ring (bicyclic) bond motifs is 1. The Morgan fingerprint density at radius 3 is 2.40 bits per heavy atom. The number of carbonyl (C=O) groups is 1. The molecule has 0 spiro atoms. The number of ether oxygens (including phenoxy) is 2. The van der Waals surface area contributed by atoms with Crippen molar-refractivity contribution in [2.45, 2.75) is 17.7 Å². The Balaban J connectivity index is 1.56. The normalized spacial score (nSPS) is 13.3. The molecule has 0 aromatic heterocycles. The Morgan fingerprint density at radius 1 is 1.04 bits per heavy atom. The first-order valence-corrected chi connectivity index (χ1v) is 9.79. The lowest BCUT2D eigenvalue weighted by molar-refractivity contribution is -0.116. The van der Waals surface area contributed by atoms with E-state index in [0.717, 1.165) is 17.6 Å². The summed E-state index contributed by atoms with van der Waals surface area (Å²) >= 11 is 0. The molecule has 7 heteroatoms. The van der Waals surface area contributed by atoms with Crippen molar-refractivity contribution >= 4 is 21.4 Å². The first kappa shape index (κ1) is 17.3. The molecule has 25 heavy (non-hydrogen) atoms. The van der Waals surface area contributed by atoms with Gasteiger partial charge in [0.1, 0.15) is 13.2 Å². The number of aryl methyl sites for hydroxylation is 1. The summed E-state index contributed by atoms with van der Waals surface area (Å²) in [7, 11) is -3.24. The monoisotopic (exact) mass is 361 g/mol. The summed E-state index contributed by atoms with van der Waals surface area (Å²) in [5.41, 5.74) is 1.56. The van der Waals surface area contributed by atoms with Crippen LogP contribution in [0.2, 0.25) is 0 Å². The second-order valence-corrected chi connectivity index (χ2v) is 7.84. The number of benzene rings is 2. The zero-order valence-electron chi connectivity index (χ0n) is 13.8. The van der Waals surface area contributed by atoms with Gasteiger partial charge in [-0.3, -0.25) is 4.79 Å².